The van der Waals surface area contributed by atoms with Crippen molar-refractivity contribution in [3.8, 4) is 0 Å². The SMILES string of the molecule is Cc1cnc(N[C@@]2(C)CCC[C@@H]2N)cn1. The summed E-state index contributed by atoms with van der Waals surface area (Å²) in [6.07, 6.45) is 6.91. The van der Waals surface area contributed by atoms with Crippen LogP contribution in [0, 0.1) is 6.92 Å². The number of nitrogens with two attached hydrogens (primary N) is 1. The summed E-state index contributed by atoms with van der Waals surface area (Å²) in [5.41, 5.74) is 6.99. The van der Waals surface area contributed by atoms with Crippen LogP contribution in [0.2, 0.25) is 0 Å². The molecule has 0 aromatic carbocycles. The molecule has 2 atom stereocenters. The molecule has 0 bridgehead atoms. The molecule has 0 amide bonds. The van der Waals surface area contributed by atoms with Gasteiger partial charge < -0.3 is 11.1 Å². The van der Waals surface area contributed by atoms with Gasteiger partial charge in [-0.25, -0.2) is 4.98 Å². The lowest BCUT2D eigenvalue weighted by Crippen LogP contribution is -2.47. The van der Waals surface area contributed by atoms with E-state index in [1.54, 1.807) is 12.4 Å². The van der Waals surface area contributed by atoms with Crippen molar-refractivity contribution in [1.82, 2.24) is 9.97 Å². The third kappa shape index (κ3) is 2.09. The second kappa shape index (κ2) is 3.77. The molecule has 1 aromatic heterocycles. The molecule has 1 aromatic rings. The van der Waals surface area contributed by atoms with Crippen molar-refractivity contribution in [2.75, 3.05) is 5.32 Å². The predicted octanol–water partition coefficient (Wildman–Crippen LogP) is 1.47. The van der Waals surface area contributed by atoms with Gasteiger partial charge >= 0.3 is 0 Å². The van der Waals surface area contributed by atoms with Gasteiger partial charge in [0.05, 0.1) is 23.6 Å². The highest BCUT2D eigenvalue weighted by Crippen LogP contribution is 2.30. The molecule has 1 aliphatic carbocycles. The third-order valence-electron chi connectivity index (χ3n) is 3.22. The standard InChI is InChI=1S/C11H18N4/c1-8-6-14-10(7-13-8)15-11(2)5-3-4-9(11)12/h6-7,9H,3-5,12H2,1-2H3,(H,14,15)/t9-,11-/m0/s1. The zero-order valence-electron chi connectivity index (χ0n) is 9.33. The van der Waals surface area contributed by atoms with E-state index >= 15 is 0 Å². The number of nitrogens with one attached hydrogen (secondary N) is 1. The molecule has 0 unspecified atom stereocenters. The minimum atomic E-state index is -0.0239. The van der Waals surface area contributed by atoms with Gasteiger partial charge in [-0.3, -0.25) is 4.98 Å². The van der Waals surface area contributed by atoms with E-state index < -0.39 is 0 Å². The topological polar surface area (TPSA) is 63.8 Å². The van der Waals surface area contributed by atoms with E-state index in [9.17, 15) is 0 Å². The largest absolute Gasteiger partial charge is 0.362 e. The highest BCUT2D eigenvalue weighted by molar-refractivity contribution is 5.36. The van der Waals surface area contributed by atoms with Crippen LogP contribution in [0.4, 0.5) is 5.82 Å². The van der Waals surface area contributed by atoms with Crippen LogP contribution in [0.25, 0.3) is 0 Å². The minimum Gasteiger partial charge on any atom is -0.362 e. The first kappa shape index (κ1) is 10.4. The van der Waals surface area contributed by atoms with Crippen molar-refractivity contribution >= 4 is 5.82 Å². The highest BCUT2D eigenvalue weighted by Gasteiger charge is 2.36. The number of nitrogens with zero attached hydrogens (tertiary/aromatic N) is 2. The molecule has 3 N–H and O–H groups in total. The van der Waals surface area contributed by atoms with Crippen LogP contribution >= 0.6 is 0 Å². The molecule has 4 heteroatoms. The summed E-state index contributed by atoms with van der Waals surface area (Å²) < 4.78 is 0. The first-order chi connectivity index (χ1) is 7.10. The normalized spacial score (nSPS) is 30.5. The summed E-state index contributed by atoms with van der Waals surface area (Å²) in [7, 11) is 0. The molecule has 2 rings (SSSR count). The molecule has 0 aliphatic heterocycles. The van der Waals surface area contributed by atoms with E-state index in [1.807, 2.05) is 6.92 Å². The van der Waals surface area contributed by atoms with Crippen LogP contribution in [-0.4, -0.2) is 21.5 Å². The molecule has 1 fully saturated rings. The molecule has 1 heterocycles. The summed E-state index contributed by atoms with van der Waals surface area (Å²) in [4.78, 5) is 8.50. The summed E-state index contributed by atoms with van der Waals surface area (Å²) in [6.45, 7) is 4.09. The molecule has 0 radical (unpaired) electrons. The fourth-order valence-corrected chi connectivity index (χ4v) is 2.10. The van der Waals surface area contributed by atoms with Crippen LogP contribution in [0.5, 0.6) is 0 Å². The fourth-order valence-electron chi connectivity index (χ4n) is 2.10. The number of hydrogen-bond donors (Lipinski definition) is 2. The second-order valence-electron chi connectivity index (χ2n) is 4.58. The van der Waals surface area contributed by atoms with Crippen molar-refractivity contribution in [1.29, 1.82) is 0 Å². The van der Waals surface area contributed by atoms with Crippen LogP contribution in [0.15, 0.2) is 12.4 Å². The number of aryl methyl sites for hydroxylation is 1. The molecule has 4 nitrogen and oxygen atoms in total. The van der Waals surface area contributed by atoms with Gasteiger partial charge in [0.1, 0.15) is 5.82 Å². The lowest BCUT2D eigenvalue weighted by Gasteiger charge is -2.30. The maximum Gasteiger partial charge on any atom is 0.144 e. The van der Waals surface area contributed by atoms with Crippen molar-refractivity contribution in [3.63, 3.8) is 0 Å². The van der Waals surface area contributed by atoms with E-state index in [0.29, 0.717) is 0 Å². The van der Waals surface area contributed by atoms with Gasteiger partial charge in [-0.2, -0.15) is 0 Å². The Bertz CT molecular complexity index is 335. The molecule has 82 valence electrons. The van der Waals surface area contributed by atoms with Gasteiger partial charge in [0.2, 0.25) is 0 Å². The summed E-state index contributed by atoms with van der Waals surface area (Å²) in [5, 5.41) is 3.40. The Labute approximate surface area is 90.3 Å². The summed E-state index contributed by atoms with van der Waals surface area (Å²) in [5.74, 6) is 0.820. The zero-order valence-corrected chi connectivity index (χ0v) is 9.33. The lowest BCUT2D eigenvalue weighted by atomic mass is 9.96. The zero-order chi connectivity index (χ0) is 10.9. The molecule has 15 heavy (non-hydrogen) atoms. The van der Waals surface area contributed by atoms with Crippen LogP contribution < -0.4 is 11.1 Å². The number of rotatable bonds is 2. The average molecular weight is 206 g/mol. The molecule has 0 spiro atoms. The fraction of sp³-hybridized carbons (Fsp3) is 0.636. The average Bonchev–Trinajstić information content (AvgIpc) is 2.51. The van der Waals surface area contributed by atoms with Crippen LogP contribution in [-0.2, 0) is 0 Å². The highest BCUT2D eigenvalue weighted by atomic mass is 15.1. The first-order valence-corrected chi connectivity index (χ1v) is 5.42. The first-order valence-electron chi connectivity index (χ1n) is 5.42. The maximum absolute atomic E-state index is 6.08. The lowest BCUT2D eigenvalue weighted by molar-refractivity contribution is 0.465. The Morgan fingerprint density at radius 3 is 2.80 bits per heavy atom. The number of hydrogen-bond acceptors (Lipinski definition) is 4. The van der Waals surface area contributed by atoms with Crippen LogP contribution in [0.3, 0.4) is 0 Å². The smallest absolute Gasteiger partial charge is 0.144 e. The van der Waals surface area contributed by atoms with Crippen molar-refractivity contribution in [2.24, 2.45) is 5.73 Å². The van der Waals surface area contributed by atoms with Crippen molar-refractivity contribution in [3.05, 3.63) is 18.1 Å². The predicted molar refractivity (Wildman–Crippen MR) is 60.6 cm³/mol. The molecule has 1 saturated carbocycles. The Morgan fingerprint density at radius 1 is 1.47 bits per heavy atom. The molecule has 1 aliphatic rings. The second-order valence-corrected chi connectivity index (χ2v) is 4.58. The molecule has 0 saturated heterocycles. The van der Waals surface area contributed by atoms with Gasteiger partial charge in [-0.1, -0.05) is 0 Å². The molecular formula is C11H18N4. The Balaban J connectivity index is 2.11. The Morgan fingerprint density at radius 2 is 2.27 bits per heavy atom. The van der Waals surface area contributed by atoms with Gasteiger partial charge in [-0.15, -0.1) is 0 Å². The monoisotopic (exact) mass is 206 g/mol. The summed E-state index contributed by atoms with van der Waals surface area (Å²) in [6, 6.07) is 0.209. The van der Waals surface area contributed by atoms with E-state index in [4.69, 9.17) is 5.73 Å². The van der Waals surface area contributed by atoms with Crippen molar-refractivity contribution < 1.29 is 0 Å². The Kier molecular flexibility index (Phi) is 2.61. The van der Waals surface area contributed by atoms with E-state index in [-0.39, 0.29) is 11.6 Å². The van der Waals surface area contributed by atoms with E-state index in [2.05, 4.69) is 22.2 Å². The van der Waals surface area contributed by atoms with Crippen LogP contribution in [0.1, 0.15) is 31.9 Å². The van der Waals surface area contributed by atoms with Crippen molar-refractivity contribution in [2.45, 2.75) is 44.7 Å². The maximum atomic E-state index is 6.08. The Hall–Kier alpha value is -1.16. The van der Waals surface area contributed by atoms with E-state index in [0.717, 1.165) is 24.4 Å². The molecular weight excluding hydrogens is 188 g/mol. The van der Waals surface area contributed by atoms with E-state index in [1.165, 1.54) is 6.42 Å². The number of aromatic nitrogens is 2. The number of anilines is 1. The third-order valence-corrected chi connectivity index (χ3v) is 3.22. The summed E-state index contributed by atoms with van der Waals surface area (Å²) >= 11 is 0. The van der Waals surface area contributed by atoms with Gasteiger partial charge in [0, 0.05) is 6.04 Å². The quantitative estimate of drug-likeness (QED) is 0.769. The van der Waals surface area contributed by atoms with Gasteiger partial charge in [0.25, 0.3) is 0 Å². The minimum absolute atomic E-state index is 0.0239. The van der Waals surface area contributed by atoms with Gasteiger partial charge in [-0.05, 0) is 33.1 Å². The van der Waals surface area contributed by atoms with Gasteiger partial charge in [0.15, 0.2) is 0 Å².